The highest BCUT2D eigenvalue weighted by Gasteiger charge is 2.11. The van der Waals surface area contributed by atoms with Gasteiger partial charge in [0.2, 0.25) is 4.80 Å². The summed E-state index contributed by atoms with van der Waals surface area (Å²) >= 11 is 1.51. The third-order valence-electron chi connectivity index (χ3n) is 5.08. The van der Waals surface area contributed by atoms with E-state index in [0.29, 0.717) is 6.61 Å². The van der Waals surface area contributed by atoms with Crippen LogP contribution in [-0.4, -0.2) is 22.5 Å². The molecule has 3 heterocycles. The highest BCUT2D eigenvalue weighted by atomic mass is 32.1. The van der Waals surface area contributed by atoms with E-state index in [0.717, 1.165) is 49.9 Å². The lowest BCUT2D eigenvalue weighted by Gasteiger charge is -2.03. The molecule has 0 unspecified atom stereocenters. The molecule has 3 aromatic heterocycles. The second kappa shape index (κ2) is 8.72. The molecule has 32 heavy (non-hydrogen) atoms. The molecule has 160 valence electrons. The first-order chi connectivity index (χ1) is 15.7. The molecule has 0 saturated carbocycles. The molecule has 0 atom stereocenters. The number of ether oxygens (including phenoxy) is 1. The lowest BCUT2D eigenvalue weighted by atomic mass is 10.1. The molecule has 0 amide bonds. The zero-order valence-corrected chi connectivity index (χ0v) is 18.6. The van der Waals surface area contributed by atoms with Gasteiger partial charge in [-0.3, -0.25) is 0 Å². The minimum Gasteiger partial charge on any atom is -0.494 e. The van der Waals surface area contributed by atoms with Gasteiger partial charge in [0.15, 0.2) is 5.76 Å². The Morgan fingerprint density at radius 2 is 1.94 bits per heavy atom. The van der Waals surface area contributed by atoms with Crippen molar-refractivity contribution in [3.63, 3.8) is 0 Å². The first-order valence-electron chi connectivity index (χ1n) is 10.4. The van der Waals surface area contributed by atoms with Crippen LogP contribution in [0.4, 0.5) is 5.69 Å². The average molecular weight is 443 g/mol. The lowest BCUT2D eigenvalue weighted by molar-refractivity contribution is 0.340. The van der Waals surface area contributed by atoms with Gasteiger partial charge in [0, 0.05) is 27.5 Å². The van der Waals surface area contributed by atoms with Crippen LogP contribution in [0.15, 0.2) is 86.8 Å². The molecule has 0 aliphatic carbocycles. The maximum atomic E-state index is 5.64. The number of thiazole rings is 1. The molecule has 0 fully saturated rings. The van der Waals surface area contributed by atoms with Crippen LogP contribution < -0.4 is 9.54 Å². The molecule has 0 aliphatic rings. The maximum absolute atomic E-state index is 5.64. The van der Waals surface area contributed by atoms with Gasteiger partial charge in [-0.05, 0) is 56.3 Å². The number of aromatic nitrogens is 2. The van der Waals surface area contributed by atoms with E-state index < -0.39 is 0 Å². The zero-order valence-electron chi connectivity index (χ0n) is 17.8. The molecule has 0 spiro atoms. The lowest BCUT2D eigenvalue weighted by Crippen LogP contribution is -2.11. The van der Waals surface area contributed by atoms with Gasteiger partial charge >= 0.3 is 0 Å². The van der Waals surface area contributed by atoms with Crippen LogP contribution in [0.1, 0.15) is 18.2 Å². The second-order valence-electron chi connectivity index (χ2n) is 7.19. The number of nitrogens with zero attached hydrogens (tertiary/aromatic N) is 3. The van der Waals surface area contributed by atoms with E-state index in [1.54, 1.807) is 6.26 Å². The van der Waals surface area contributed by atoms with Gasteiger partial charge in [-0.25, -0.2) is 9.67 Å². The number of hydrogen-bond donors (Lipinski definition) is 1. The van der Waals surface area contributed by atoms with Gasteiger partial charge in [0.05, 0.1) is 24.8 Å². The third kappa shape index (κ3) is 3.90. The number of H-pyrrole nitrogens is 1. The van der Waals surface area contributed by atoms with Crippen LogP contribution in [0.3, 0.4) is 0 Å². The fourth-order valence-electron chi connectivity index (χ4n) is 3.56. The maximum Gasteiger partial charge on any atom is 0.211 e. The SMILES string of the molecule is CCOc1ccc(N=c2scc(-c3ccco3)n2N=Cc2c(C)[nH]c3ccccc23)cc1. The number of nitrogens with one attached hydrogen (secondary N) is 1. The molecule has 1 N–H and O–H groups in total. The van der Waals surface area contributed by atoms with Crippen molar-refractivity contribution in [1.29, 1.82) is 0 Å². The van der Waals surface area contributed by atoms with Crippen LogP contribution in [0.5, 0.6) is 5.75 Å². The normalized spacial score (nSPS) is 12.2. The summed E-state index contributed by atoms with van der Waals surface area (Å²) in [5, 5.41) is 7.96. The Kier molecular flexibility index (Phi) is 5.47. The second-order valence-corrected chi connectivity index (χ2v) is 8.02. The van der Waals surface area contributed by atoms with Crippen LogP contribution in [0.2, 0.25) is 0 Å². The van der Waals surface area contributed by atoms with Gasteiger partial charge < -0.3 is 14.1 Å². The molecule has 0 bridgehead atoms. The topological polar surface area (TPSA) is 67.8 Å². The average Bonchev–Trinajstić information content (AvgIpc) is 3.53. The van der Waals surface area contributed by atoms with Crippen molar-refractivity contribution in [2.24, 2.45) is 10.1 Å². The van der Waals surface area contributed by atoms with Crippen LogP contribution in [0.25, 0.3) is 22.4 Å². The van der Waals surface area contributed by atoms with Crippen LogP contribution in [-0.2, 0) is 0 Å². The van der Waals surface area contributed by atoms with Crippen molar-refractivity contribution >= 4 is 34.1 Å². The summed E-state index contributed by atoms with van der Waals surface area (Å²) in [5.41, 5.74) is 4.88. The number of para-hydroxylation sites is 1. The number of aromatic amines is 1. The summed E-state index contributed by atoms with van der Waals surface area (Å²) < 4.78 is 13.0. The van der Waals surface area contributed by atoms with Crippen molar-refractivity contribution in [2.75, 3.05) is 6.61 Å². The quantitative estimate of drug-likeness (QED) is 0.322. The van der Waals surface area contributed by atoms with Crippen molar-refractivity contribution in [3.05, 3.63) is 88.4 Å². The van der Waals surface area contributed by atoms with Crippen molar-refractivity contribution in [3.8, 4) is 17.2 Å². The van der Waals surface area contributed by atoms with E-state index in [2.05, 4.69) is 24.0 Å². The predicted molar refractivity (Wildman–Crippen MR) is 129 cm³/mol. The molecule has 0 aliphatic heterocycles. The molecule has 5 aromatic rings. The predicted octanol–water partition coefficient (Wildman–Crippen LogP) is 6.11. The molecular weight excluding hydrogens is 420 g/mol. The largest absolute Gasteiger partial charge is 0.494 e. The van der Waals surface area contributed by atoms with Crippen molar-refractivity contribution < 1.29 is 9.15 Å². The highest BCUT2D eigenvalue weighted by molar-refractivity contribution is 7.07. The Morgan fingerprint density at radius 3 is 2.72 bits per heavy atom. The summed E-state index contributed by atoms with van der Waals surface area (Å²) in [5.74, 6) is 1.57. The van der Waals surface area contributed by atoms with Gasteiger partial charge in [0.25, 0.3) is 0 Å². The third-order valence-corrected chi connectivity index (χ3v) is 5.89. The Labute approximate surface area is 189 Å². The molecule has 6 nitrogen and oxygen atoms in total. The number of rotatable bonds is 6. The number of fused-ring (bicyclic) bond motifs is 1. The van der Waals surface area contributed by atoms with Crippen LogP contribution in [0, 0.1) is 6.92 Å². The van der Waals surface area contributed by atoms with Gasteiger partial charge in [-0.2, -0.15) is 5.10 Å². The molecule has 5 rings (SSSR count). The van der Waals surface area contributed by atoms with E-state index >= 15 is 0 Å². The molecule has 0 saturated heterocycles. The number of furan rings is 1. The monoisotopic (exact) mass is 442 g/mol. The standard InChI is InChI=1S/C25H22N4O2S/c1-3-30-19-12-10-18(11-13-19)28-25-29(23(16-32-25)24-9-6-14-31-24)26-15-21-17(2)27-22-8-5-4-7-20(21)22/h4-16,27H,3H2,1-2H3. The Balaban J connectivity index is 1.60. The highest BCUT2D eigenvalue weighted by Crippen LogP contribution is 2.24. The molecular formula is C25H22N4O2S. The molecule has 0 radical (unpaired) electrons. The summed E-state index contributed by atoms with van der Waals surface area (Å²) in [6.45, 7) is 4.66. The first kappa shape index (κ1) is 20.1. The summed E-state index contributed by atoms with van der Waals surface area (Å²) in [6, 6.07) is 19.7. The fraction of sp³-hybridized carbons (Fsp3) is 0.120. The minimum atomic E-state index is 0.635. The smallest absolute Gasteiger partial charge is 0.211 e. The summed E-state index contributed by atoms with van der Waals surface area (Å²) in [4.78, 5) is 8.98. The first-order valence-corrected chi connectivity index (χ1v) is 11.2. The minimum absolute atomic E-state index is 0.635. The van der Waals surface area contributed by atoms with Gasteiger partial charge in [-0.15, -0.1) is 11.3 Å². The fourth-order valence-corrected chi connectivity index (χ4v) is 4.39. The van der Waals surface area contributed by atoms with Crippen LogP contribution >= 0.6 is 11.3 Å². The van der Waals surface area contributed by atoms with Crippen molar-refractivity contribution in [2.45, 2.75) is 13.8 Å². The molecule has 2 aromatic carbocycles. The number of hydrogen-bond acceptors (Lipinski definition) is 5. The van der Waals surface area contributed by atoms with E-state index in [-0.39, 0.29) is 0 Å². The molecule has 7 heteroatoms. The van der Waals surface area contributed by atoms with E-state index in [1.807, 2.05) is 71.7 Å². The van der Waals surface area contributed by atoms with E-state index in [1.165, 1.54) is 11.3 Å². The summed E-state index contributed by atoms with van der Waals surface area (Å²) in [6.07, 6.45) is 3.54. The Bertz CT molecular complexity index is 1440. The van der Waals surface area contributed by atoms with E-state index in [4.69, 9.17) is 19.2 Å². The van der Waals surface area contributed by atoms with Crippen molar-refractivity contribution in [1.82, 2.24) is 9.66 Å². The van der Waals surface area contributed by atoms with E-state index in [9.17, 15) is 0 Å². The van der Waals surface area contributed by atoms with Gasteiger partial charge in [-0.1, -0.05) is 18.2 Å². The number of benzene rings is 2. The number of aryl methyl sites for hydroxylation is 1. The summed E-state index contributed by atoms with van der Waals surface area (Å²) in [7, 11) is 0. The van der Waals surface area contributed by atoms with Gasteiger partial charge in [0.1, 0.15) is 11.4 Å². The Morgan fingerprint density at radius 1 is 1.09 bits per heavy atom. The Hall–Kier alpha value is -3.84. The zero-order chi connectivity index (χ0) is 21.9.